The van der Waals surface area contributed by atoms with Crippen molar-refractivity contribution in [3.63, 3.8) is 0 Å². The maximum absolute atomic E-state index is 14.8. The Morgan fingerprint density at radius 3 is 2.58 bits per heavy atom. The number of sulfone groups is 1. The average Bonchev–Trinajstić information content (AvgIpc) is 2.92. The van der Waals surface area contributed by atoms with Crippen LogP contribution in [0.25, 0.3) is 0 Å². The number of anilines is 1. The Morgan fingerprint density at radius 1 is 1.05 bits per heavy atom. The molecule has 1 aliphatic carbocycles. The van der Waals surface area contributed by atoms with Gasteiger partial charge in [0.15, 0.2) is 15.7 Å². The molecule has 3 aliphatic heterocycles. The number of halogens is 1. The Bertz CT molecular complexity index is 1210. The number of amides is 1. The summed E-state index contributed by atoms with van der Waals surface area (Å²) < 4.78 is 41.8. The van der Waals surface area contributed by atoms with E-state index in [9.17, 15) is 17.6 Å². The summed E-state index contributed by atoms with van der Waals surface area (Å²) in [7, 11) is -3.49. The number of likely N-dealkylation sites (tertiary alicyclic amines) is 2. The molecule has 5 rings (SSSR count). The third kappa shape index (κ3) is 5.34. The number of carbonyl (C=O) groups is 1. The quantitative estimate of drug-likeness (QED) is 0.519. The fourth-order valence-corrected chi connectivity index (χ4v) is 8.29. The maximum atomic E-state index is 14.8. The van der Waals surface area contributed by atoms with E-state index in [-0.39, 0.29) is 35.0 Å². The Hall–Kier alpha value is -2.82. The number of nitrogens with two attached hydrogens (primary N) is 1. The number of hydrogen-bond acceptors (Lipinski definition) is 8. The van der Waals surface area contributed by atoms with Crippen molar-refractivity contribution in [2.75, 3.05) is 25.0 Å². The summed E-state index contributed by atoms with van der Waals surface area (Å²) >= 11 is 0. The zero-order valence-electron chi connectivity index (χ0n) is 22.0. The van der Waals surface area contributed by atoms with Crippen molar-refractivity contribution in [2.24, 2.45) is 10.7 Å². The molecule has 0 radical (unpaired) electrons. The van der Waals surface area contributed by atoms with Crippen molar-refractivity contribution in [2.45, 2.75) is 93.1 Å². The van der Waals surface area contributed by atoms with Crippen molar-refractivity contribution in [3.8, 4) is 0 Å². The summed E-state index contributed by atoms with van der Waals surface area (Å²) in [6.07, 6.45) is 7.07. The Kier molecular flexibility index (Phi) is 7.83. The van der Waals surface area contributed by atoms with Gasteiger partial charge in [-0.1, -0.05) is 31.4 Å². The summed E-state index contributed by atoms with van der Waals surface area (Å²) in [6.45, 7) is 3.58. The van der Waals surface area contributed by atoms with Crippen molar-refractivity contribution in [1.29, 1.82) is 0 Å². The van der Waals surface area contributed by atoms with E-state index in [1.807, 2.05) is 16.7 Å². The molecule has 3 heterocycles. The summed E-state index contributed by atoms with van der Waals surface area (Å²) in [5.74, 6) is -0.350. The van der Waals surface area contributed by atoms with Gasteiger partial charge in [0, 0.05) is 25.7 Å². The fraction of sp³-hybridized carbons (Fsp3) is 0.630. The van der Waals surface area contributed by atoms with Crippen LogP contribution >= 0.6 is 0 Å². The van der Waals surface area contributed by atoms with E-state index < -0.39 is 21.7 Å². The van der Waals surface area contributed by atoms with Gasteiger partial charge in [0.2, 0.25) is 11.7 Å². The SMILES string of the molecule is CC1N=C(N2CCC[C@@H](N3CCCC(Nc4ccccc4S(=O)(=O)C4CCCCC4)C3=O)C2)C(F)=C(N)N1. The highest BCUT2D eigenvalue weighted by molar-refractivity contribution is 7.92. The monoisotopic (exact) mass is 546 g/mol. The van der Waals surface area contributed by atoms with Crippen molar-refractivity contribution in [3.05, 3.63) is 35.9 Å². The van der Waals surface area contributed by atoms with Crippen LogP contribution in [0.15, 0.2) is 45.8 Å². The number of aliphatic imine (C=N–C) groups is 1. The largest absolute Gasteiger partial charge is 0.383 e. The normalized spacial score (nSPS) is 27.7. The van der Waals surface area contributed by atoms with Gasteiger partial charge in [-0.15, -0.1) is 0 Å². The van der Waals surface area contributed by atoms with Gasteiger partial charge in [-0.05, 0) is 57.6 Å². The zero-order valence-corrected chi connectivity index (χ0v) is 22.9. The predicted molar refractivity (Wildman–Crippen MR) is 146 cm³/mol. The van der Waals surface area contributed by atoms with Crippen LogP contribution in [-0.2, 0) is 14.6 Å². The third-order valence-corrected chi connectivity index (χ3v) is 10.6. The number of rotatable bonds is 5. The van der Waals surface area contributed by atoms with E-state index in [2.05, 4.69) is 15.6 Å². The standard InChI is InChI=1S/C27H39FN6O3S/c1-18-30-25(29)24(28)26(31-18)33-15-7-9-19(17-33)34-16-8-13-22(27(34)35)32-21-12-5-6-14-23(21)38(36,37)20-10-3-2-4-11-20/h5-6,12,14,18-20,22,30,32H,2-4,7-11,13,15-17,29H2,1H3/t18?,19-,22?/m1/s1. The predicted octanol–water partition coefficient (Wildman–Crippen LogP) is 3.11. The first-order chi connectivity index (χ1) is 18.3. The van der Waals surface area contributed by atoms with Gasteiger partial charge < -0.3 is 26.2 Å². The number of piperidine rings is 2. The number of nitrogens with zero attached hydrogens (tertiary/aromatic N) is 3. The van der Waals surface area contributed by atoms with E-state index in [0.29, 0.717) is 49.5 Å². The van der Waals surface area contributed by atoms with E-state index >= 15 is 0 Å². The molecule has 1 aromatic rings. The van der Waals surface area contributed by atoms with Crippen LogP contribution in [0.3, 0.4) is 0 Å². The molecular formula is C27H39FN6O3S. The second-order valence-electron chi connectivity index (χ2n) is 10.9. The van der Waals surface area contributed by atoms with E-state index in [4.69, 9.17) is 5.73 Å². The first-order valence-electron chi connectivity index (χ1n) is 13.9. The second kappa shape index (κ2) is 11.1. The van der Waals surface area contributed by atoms with Gasteiger partial charge in [0.05, 0.1) is 15.8 Å². The van der Waals surface area contributed by atoms with Crippen molar-refractivity contribution in [1.82, 2.24) is 15.1 Å². The minimum Gasteiger partial charge on any atom is -0.383 e. The topological polar surface area (TPSA) is 120 Å². The van der Waals surface area contributed by atoms with Gasteiger partial charge in [-0.2, -0.15) is 4.39 Å². The average molecular weight is 547 g/mol. The summed E-state index contributed by atoms with van der Waals surface area (Å²) in [6, 6.07) is 6.39. The molecule has 1 aromatic carbocycles. The number of benzene rings is 1. The molecule has 1 amide bonds. The molecule has 2 unspecified atom stereocenters. The molecule has 38 heavy (non-hydrogen) atoms. The first kappa shape index (κ1) is 26.8. The smallest absolute Gasteiger partial charge is 0.245 e. The maximum Gasteiger partial charge on any atom is 0.245 e. The lowest BCUT2D eigenvalue weighted by molar-refractivity contribution is -0.137. The minimum atomic E-state index is -3.49. The molecule has 11 heteroatoms. The Labute approximate surface area is 224 Å². The summed E-state index contributed by atoms with van der Waals surface area (Å²) in [5.41, 5.74) is 6.32. The van der Waals surface area contributed by atoms with Gasteiger partial charge in [-0.3, -0.25) is 4.79 Å². The van der Waals surface area contributed by atoms with Crippen LogP contribution in [0.5, 0.6) is 0 Å². The number of para-hydroxylation sites is 1. The van der Waals surface area contributed by atoms with Gasteiger partial charge in [0.25, 0.3) is 0 Å². The van der Waals surface area contributed by atoms with E-state index in [1.165, 1.54) is 0 Å². The highest BCUT2D eigenvalue weighted by Crippen LogP contribution is 2.33. The highest BCUT2D eigenvalue weighted by atomic mass is 32.2. The first-order valence-corrected chi connectivity index (χ1v) is 15.4. The van der Waals surface area contributed by atoms with E-state index in [1.54, 1.807) is 24.3 Å². The van der Waals surface area contributed by atoms with Crippen LogP contribution in [0.1, 0.15) is 64.7 Å². The van der Waals surface area contributed by atoms with E-state index in [0.717, 1.165) is 38.5 Å². The number of carbonyl (C=O) groups excluding carboxylic acids is 1. The summed E-state index contributed by atoms with van der Waals surface area (Å²) in [4.78, 5) is 22.2. The molecule has 0 bridgehead atoms. The van der Waals surface area contributed by atoms with Crippen LogP contribution < -0.4 is 16.4 Å². The minimum absolute atomic E-state index is 0.00946. The lowest BCUT2D eigenvalue weighted by Crippen LogP contribution is -2.57. The van der Waals surface area contributed by atoms with Gasteiger partial charge >= 0.3 is 0 Å². The van der Waals surface area contributed by atoms with Crippen molar-refractivity contribution >= 4 is 27.3 Å². The molecule has 4 N–H and O–H groups in total. The molecule has 4 aliphatic rings. The van der Waals surface area contributed by atoms with Crippen LogP contribution in [0, 0.1) is 0 Å². The Morgan fingerprint density at radius 2 is 1.79 bits per heavy atom. The zero-order chi connectivity index (χ0) is 26.9. The van der Waals surface area contributed by atoms with Gasteiger partial charge in [-0.25, -0.2) is 13.4 Å². The third-order valence-electron chi connectivity index (χ3n) is 8.24. The highest BCUT2D eigenvalue weighted by Gasteiger charge is 2.38. The summed E-state index contributed by atoms with van der Waals surface area (Å²) in [5, 5.41) is 5.74. The Balaban J connectivity index is 1.31. The molecule has 1 saturated carbocycles. The molecule has 2 saturated heterocycles. The molecule has 0 spiro atoms. The molecule has 3 atom stereocenters. The lowest BCUT2D eigenvalue weighted by Gasteiger charge is -2.44. The van der Waals surface area contributed by atoms with Crippen LogP contribution in [0.4, 0.5) is 10.1 Å². The molecule has 3 fully saturated rings. The van der Waals surface area contributed by atoms with Crippen molar-refractivity contribution < 1.29 is 17.6 Å². The van der Waals surface area contributed by atoms with Gasteiger partial charge in [0.1, 0.15) is 18.0 Å². The molecule has 208 valence electrons. The molecular weight excluding hydrogens is 507 g/mol. The number of hydrogen-bond donors (Lipinski definition) is 3. The second-order valence-corrected chi connectivity index (χ2v) is 13.1. The fourth-order valence-electron chi connectivity index (χ4n) is 6.28. The lowest BCUT2D eigenvalue weighted by atomic mass is 9.97. The molecule has 0 aromatic heterocycles. The molecule has 9 nitrogen and oxygen atoms in total. The van der Waals surface area contributed by atoms with Crippen LogP contribution in [0.2, 0.25) is 0 Å². The van der Waals surface area contributed by atoms with Crippen LogP contribution in [-0.4, -0.2) is 73.1 Å². The number of nitrogens with one attached hydrogen (secondary N) is 2. The number of amidine groups is 1.